The maximum atomic E-state index is 12.3. The van der Waals surface area contributed by atoms with Crippen LogP contribution in [0.5, 0.6) is 0 Å². The van der Waals surface area contributed by atoms with Gasteiger partial charge in [-0.15, -0.1) is 0 Å². The van der Waals surface area contributed by atoms with E-state index in [1.807, 2.05) is 0 Å². The number of aliphatic carboxylic acids is 1. The summed E-state index contributed by atoms with van der Waals surface area (Å²) in [6, 6.07) is -2.24. The summed E-state index contributed by atoms with van der Waals surface area (Å²) in [6.45, 7) is 2.93. The fraction of sp³-hybridized carbons (Fsp3) is 0.692. The van der Waals surface area contributed by atoms with Crippen molar-refractivity contribution in [3.05, 3.63) is 0 Å². The van der Waals surface area contributed by atoms with Gasteiger partial charge in [0.25, 0.3) is 0 Å². The van der Waals surface area contributed by atoms with E-state index in [-0.39, 0.29) is 5.91 Å². The van der Waals surface area contributed by atoms with Gasteiger partial charge in [0.15, 0.2) is 0 Å². The van der Waals surface area contributed by atoms with Crippen LogP contribution in [0.15, 0.2) is 0 Å². The van der Waals surface area contributed by atoms with Crippen LogP contribution in [0.1, 0.15) is 26.7 Å². The van der Waals surface area contributed by atoms with Crippen LogP contribution in [0, 0.1) is 0 Å². The third kappa shape index (κ3) is 4.69. The topological polar surface area (TPSA) is 142 Å². The summed E-state index contributed by atoms with van der Waals surface area (Å²) in [5.41, 5.74) is 5.42. The van der Waals surface area contributed by atoms with Gasteiger partial charge in [0.1, 0.15) is 18.6 Å². The van der Waals surface area contributed by atoms with Crippen LogP contribution < -0.4 is 16.4 Å². The zero-order valence-corrected chi connectivity index (χ0v) is 12.7. The van der Waals surface area contributed by atoms with Crippen molar-refractivity contribution in [2.45, 2.75) is 44.8 Å². The lowest BCUT2D eigenvalue weighted by atomic mass is 10.2. The van der Waals surface area contributed by atoms with E-state index in [0.717, 1.165) is 0 Å². The number of carboxylic acids is 1. The molecule has 5 N–H and O–H groups in total. The second-order valence-corrected chi connectivity index (χ2v) is 5.32. The zero-order valence-electron chi connectivity index (χ0n) is 12.7. The number of nitrogens with two attached hydrogens (primary N) is 1. The molecule has 0 radical (unpaired) electrons. The summed E-state index contributed by atoms with van der Waals surface area (Å²) in [5, 5.41) is 13.3. The van der Waals surface area contributed by atoms with Crippen molar-refractivity contribution in [1.29, 1.82) is 0 Å². The Labute approximate surface area is 128 Å². The van der Waals surface area contributed by atoms with Crippen molar-refractivity contribution < 1.29 is 24.3 Å². The molecule has 124 valence electrons. The zero-order chi connectivity index (χ0) is 16.9. The van der Waals surface area contributed by atoms with E-state index < -0.39 is 42.5 Å². The molecule has 3 amide bonds. The quantitative estimate of drug-likeness (QED) is 0.448. The monoisotopic (exact) mass is 314 g/mol. The highest BCUT2D eigenvalue weighted by atomic mass is 16.4. The molecule has 3 atom stereocenters. The summed E-state index contributed by atoms with van der Waals surface area (Å²) in [5.74, 6) is -2.49. The maximum Gasteiger partial charge on any atom is 0.322 e. The molecule has 22 heavy (non-hydrogen) atoms. The van der Waals surface area contributed by atoms with E-state index in [9.17, 15) is 19.2 Å². The number of likely N-dealkylation sites (tertiary alicyclic amines) is 1. The number of nitrogens with zero attached hydrogens (tertiary/aromatic N) is 1. The lowest BCUT2D eigenvalue weighted by Crippen LogP contribution is -2.54. The average Bonchev–Trinajstić information content (AvgIpc) is 2.92. The maximum absolute atomic E-state index is 12.3. The third-order valence-corrected chi connectivity index (χ3v) is 3.40. The number of nitrogens with one attached hydrogen (secondary N) is 2. The molecule has 1 rings (SSSR count). The minimum absolute atomic E-state index is 0.387. The first-order valence-corrected chi connectivity index (χ1v) is 7.10. The van der Waals surface area contributed by atoms with E-state index in [1.165, 1.54) is 18.7 Å². The highest BCUT2D eigenvalue weighted by Crippen LogP contribution is 2.18. The van der Waals surface area contributed by atoms with Gasteiger partial charge in [-0.25, -0.2) is 0 Å². The molecule has 0 bridgehead atoms. The van der Waals surface area contributed by atoms with Crippen LogP contribution in [0.3, 0.4) is 0 Å². The molecule has 1 fully saturated rings. The van der Waals surface area contributed by atoms with Crippen molar-refractivity contribution in [3.8, 4) is 0 Å². The molecule has 9 heteroatoms. The standard InChI is InChI=1S/C13H22N4O5/c1-7(14)11(20)16-8(2)13(22)17-5-3-4-9(17)12(21)15-6-10(18)19/h7-9H,3-6,14H2,1-2H3,(H,15,21)(H,16,20)(H,18,19). The van der Waals surface area contributed by atoms with E-state index in [4.69, 9.17) is 10.8 Å². The van der Waals surface area contributed by atoms with E-state index in [0.29, 0.717) is 19.4 Å². The lowest BCUT2D eigenvalue weighted by molar-refractivity contribution is -0.142. The number of rotatable bonds is 6. The number of carbonyl (C=O) groups excluding carboxylic acids is 3. The largest absolute Gasteiger partial charge is 0.480 e. The normalized spacial score (nSPS) is 20.1. The van der Waals surface area contributed by atoms with E-state index in [2.05, 4.69) is 10.6 Å². The van der Waals surface area contributed by atoms with Crippen molar-refractivity contribution in [2.75, 3.05) is 13.1 Å². The predicted molar refractivity (Wildman–Crippen MR) is 76.6 cm³/mol. The molecule has 1 heterocycles. The van der Waals surface area contributed by atoms with Crippen LogP contribution in [-0.4, -0.2) is 64.9 Å². The Hall–Kier alpha value is -2.16. The molecule has 1 aliphatic heterocycles. The second-order valence-electron chi connectivity index (χ2n) is 5.32. The van der Waals surface area contributed by atoms with Crippen molar-refractivity contribution in [1.82, 2.24) is 15.5 Å². The summed E-state index contributed by atoms with van der Waals surface area (Å²) in [6.07, 6.45) is 1.11. The highest BCUT2D eigenvalue weighted by molar-refractivity contribution is 5.93. The van der Waals surface area contributed by atoms with Crippen LogP contribution in [0.25, 0.3) is 0 Å². The van der Waals surface area contributed by atoms with Crippen LogP contribution >= 0.6 is 0 Å². The van der Waals surface area contributed by atoms with Crippen molar-refractivity contribution >= 4 is 23.7 Å². The van der Waals surface area contributed by atoms with Crippen LogP contribution in [0.4, 0.5) is 0 Å². The summed E-state index contributed by atoms with van der Waals surface area (Å²) in [4.78, 5) is 47.6. The van der Waals surface area contributed by atoms with Gasteiger partial charge in [-0.1, -0.05) is 0 Å². The summed E-state index contributed by atoms with van der Waals surface area (Å²) >= 11 is 0. The SMILES string of the molecule is CC(N)C(=O)NC(C)C(=O)N1CCCC1C(=O)NCC(=O)O. The highest BCUT2D eigenvalue weighted by Gasteiger charge is 2.36. The molecular weight excluding hydrogens is 292 g/mol. The Morgan fingerprint density at radius 2 is 1.95 bits per heavy atom. The van der Waals surface area contributed by atoms with Crippen molar-refractivity contribution in [2.24, 2.45) is 5.73 Å². The molecule has 3 unspecified atom stereocenters. The van der Waals surface area contributed by atoms with Gasteiger partial charge in [0.05, 0.1) is 6.04 Å². The molecule has 9 nitrogen and oxygen atoms in total. The van der Waals surface area contributed by atoms with E-state index >= 15 is 0 Å². The average molecular weight is 314 g/mol. The smallest absolute Gasteiger partial charge is 0.322 e. The number of hydrogen-bond donors (Lipinski definition) is 4. The Balaban J connectivity index is 2.64. The van der Waals surface area contributed by atoms with Crippen LogP contribution in [0.2, 0.25) is 0 Å². The van der Waals surface area contributed by atoms with Gasteiger partial charge in [0.2, 0.25) is 17.7 Å². The first-order chi connectivity index (χ1) is 10.2. The minimum atomic E-state index is -1.15. The molecule has 0 saturated carbocycles. The second kappa shape index (κ2) is 7.74. The first kappa shape index (κ1) is 17.9. The minimum Gasteiger partial charge on any atom is -0.480 e. The Morgan fingerprint density at radius 3 is 2.50 bits per heavy atom. The van der Waals surface area contributed by atoms with Gasteiger partial charge >= 0.3 is 5.97 Å². The van der Waals surface area contributed by atoms with E-state index in [1.54, 1.807) is 0 Å². The molecule has 0 aromatic rings. The third-order valence-electron chi connectivity index (χ3n) is 3.40. The molecule has 0 spiro atoms. The molecular formula is C13H22N4O5. The number of carboxylic acid groups (broad SMARTS) is 1. The molecule has 0 aromatic heterocycles. The fourth-order valence-electron chi connectivity index (χ4n) is 2.24. The predicted octanol–water partition coefficient (Wildman–Crippen LogP) is -1.97. The number of hydrogen-bond acceptors (Lipinski definition) is 5. The van der Waals surface area contributed by atoms with Gasteiger partial charge in [-0.3, -0.25) is 19.2 Å². The van der Waals surface area contributed by atoms with Gasteiger partial charge < -0.3 is 26.4 Å². The van der Waals surface area contributed by atoms with Crippen molar-refractivity contribution in [3.63, 3.8) is 0 Å². The Kier molecular flexibility index (Phi) is 6.29. The Morgan fingerprint density at radius 1 is 1.32 bits per heavy atom. The van der Waals surface area contributed by atoms with Gasteiger partial charge in [0, 0.05) is 6.54 Å². The number of amides is 3. The lowest BCUT2D eigenvalue weighted by Gasteiger charge is -2.27. The molecule has 0 aromatic carbocycles. The van der Waals surface area contributed by atoms with Gasteiger partial charge in [-0.2, -0.15) is 0 Å². The first-order valence-electron chi connectivity index (χ1n) is 7.10. The van der Waals surface area contributed by atoms with Crippen LogP contribution in [-0.2, 0) is 19.2 Å². The number of carbonyl (C=O) groups is 4. The fourth-order valence-corrected chi connectivity index (χ4v) is 2.24. The van der Waals surface area contributed by atoms with Gasteiger partial charge in [-0.05, 0) is 26.7 Å². The summed E-state index contributed by atoms with van der Waals surface area (Å²) < 4.78 is 0. The molecule has 1 aliphatic rings. The molecule has 1 saturated heterocycles. The summed E-state index contributed by atoms with van der Waals surface area (Å²) in [7, 11) is 0. The Bertz CT molecular complexity index is 465. The molecule has 0 aliphatic carbocycles.